The Hall–Kier alpha value is -0.490. The zero-order valence-corrected chi connectivity index (χ0v) is 13.4. The van der Waals surface area contributed by atoms with Crippen molar-refractivity contribution in [3.8, 4) is 0 Å². The fraction of sp³-hybridized carbons (Fsp3) is 0.643. The van der Waals surface area contributed by atoms with E-state index >= 15 is 0 Å². The lowest BCUT2D eigenvalue weighted by atomic mass is 10.0. The van der Waals surface area contributed by atoms with Crippen molar-refractivity contribution < 1.29 is 0 Å². The molecule has 1 aromatic rings. The van der Waals surface area contributed by atoms with E-state index in [0.29, 0.717) is 4.99 Å². The maximum absolute atomic E-state index is 5.84. The molecule has 1 aliphatic rings. The summed E-state index contributed by atoms with van der Waals surface area (Å²) in [6.45, 7) is 9.72. The van der Waals surface area contributed by atoms with Gasteiger partial charge in [0.05, 0.1) is 10.5 Å². The summed E-state index contributed by atoms with van der Waals surface area (Å²) in [5.74, 6) is 0. The molecule has 0 aliphatic carbocycles. The largest absolute Gasteiger partial charge is 0.392 e. The summed E-state index contributed by atoms with van der Waals surface area (Å²) in [4.78, 5) is 7.01. The summed E-state index contributed by atoms with van der Waals surface area (Å²) in [6.07, 6.45) is 1.16. The number of piperazine rings is 1. The summed E-state index contributed by atoms with van der Waals surface area (Å²) in [5, 5.41) is 2.15. The molecule has 5 heteroatoms. The van der Waals surface area contributed by atoms with Crippen molar-refractivity contribution in [1.82, 2.24) is 9.80 Å². The number of hydrogen-bond acceptors (Lipinski definition) is 4. The van der Waals surface area contributed by atoms with Gasteiger partial charge in [-0.2, -0.15) is 0 Å². The van der Waals surface area contributed by atoms with Gasteiger partial charge in [0, 0.05) is 37.6 Å². The molecule has 0 amide bonds. The summed E-state index contributed by atoms with van der Waals surface area (Å²) in [6, 6.07) is 4.35. The number of nitrogens with two attached hydrogens (primary N) is 1. The molecule has 2 N–H and O–H groups in total. The van der Waals surface area contributed by atoms with Crippen LogP contribution < -0.4 is 5.73 Å². The normalized spacial score (nSPS) is 18.6. The van der Waals surface area contributed by atoms with E-state index in [9.17, 15) is 0 Å². The predicted octanol–water partition coefficient (Wildman–Crippen LogP) is 1.97. The van der Waals surface area contributed by atoms with Gasteiger partial charge in [0.15, 0.2) is 0 Å². The molecule has 3 nitrogen and oxygen atoms in total. The second kappa shape index (κ2) is 6.31. The molecule has 106 valence electrons. The maximum atomic E-state index is 5.84. The third-order valence-corrected chi connectivity index (χ3v) is 5.46. The van der Waals surface area contributed by atoms with Gasteiger partial charge in [-0.25, -0.2) is 0 Å². The van der Waals surface area contributed by atoms with Gasteiger partial charge in [0.2, 0.25) is 0 Å². The Bertz CT molecular complexity index is 406. The molecule has 1 aliphatic heterocycles. The van der Waals surface area contributed by atoms with Crippen LogP contribution in [0, 0.1) is 0 Å². The van der Waals surface area contributed by atoms with Gasteiger partial charge in [-0.05, 0) is 31.7 Å². The van der Waals surface area contributed by atoms with Crippen LogP contribution in [0.1, 0.15) is 18.7 Å². The molecule has 0 atom stereocenters. The lowest BCUT2D eigenvalue weighted by Gasteiger charge is -2.43. The molecule has 2 heterocycles. The van der Waals surface area contributed by atoms with E-state index in [1.54, 1.807) is 0 Å². The Morgan fingerprint density at radius 2 is 2.05 bits per heavy atom. The molecular formula is C14H23N3S2. The predicted molar refractivity (Wildman–Crippen MR) is 86.9 cm³/mol. The van der Waals surface area contributed by atoms with E-state index in [0.717, 1.165) is 39.1 Å². The van der Waals surface area contributed by atoms with Crippen molar-refractivity contribution in [3.63, 3.8) is 0 Å². The molecule has 0 radical (unpaired) electrons. The van der Waals surface area contributed by atoms with Crippen molar-refractivity contribution in [3.05, 3.63) is 22.4 Å². The molecule has 1 aromatic heterocycles. The average molecular weight is 297 g/mol. The van der Waals surface area contributed by atoms with Crippen LogP contribution in [-0.2, 0) is 6.42 Å². The smallest absolute Gasteiger partial charge is 0.0928 e. The maximum Gasteiger partial charge on any atom is 0.0928 e. The van der Waals surface area contributed by atoms with E-state index < -0.39 is 0 Å². The van der Waals surface area contributed by atoms with E-state index in [1.807, 2.05) is 11.3 Å². The summed E-state index contributed by atoms with van der Waals surface area (Å²) in [5.41, 5.74) is 5.68. The Morgan fingerprint density at radius 1 is 1.37 bits per heavy atom. The van der Waals surface area contributed by atoms with Crippen molar-refractivity contribution in [2.24, 2.45) is 5.73 Å². The fourth-order valence-corrected chi connectivity index (χ4v) is 3.24. The number of nitrogens with zero attached hydrogens (tertiary/aromatic N) is 2. The van der Waals surface area contributed by atoms with Gasteiger partial charge in [0.25, 0.3) is 0 Å². The van der Waals surface area contributed by atoms with Crippen molar-refractivity contribution in [2.45, 2.75) is 25.8 Å². The molecule has 2 rings (SSSR count). The Balaban J connectivity index is 1.78. The SMILES string of the molecule is CC(C)(C(N)=S)N1CCN(CCc2cccs2)CC1. The average Bonchev–Trinajstić information content (AvgIpc) is 2.90. The minimum Gasteiger partial charge on any atom is -0.392 e. The minimum absolute atomic E-state index is 0.158. The number of rotatable bonds is 5. The van der Waals surface area contributed by atoms with Gasteiger partial charge in [0.1, 0.15) is 0 Å². The van der Waals surface area contributed by atoms with Crippen LogP contribution in [0.3, 0.4) is 0 Å². The topological polar surface area (TPSA) is 32.5 Å². The zero-order valence-electron chi connectivity index (χ0n) is 11.8. The first kappa shape index (κ1) is 14.9. The van der Waals surface area contributed by atoms with E-state index in [-0.39, 0.29) is 5.54 Å². The third-order valence-electron chi connectivity index (χ3n) is 4.02. The van der Waals surface area contributed by atoms with Gasteiger partial charge >= 0.3 is 0 Å². The van der Waals surface area contributed by atoms with E-state index in [2.05, 4.69) is 41.2 Å². The molecule has 1 saturated heterocycles. The number of thiocarbonyl (C=S) groups is 1. The molecule has 0 saturated carbocycles. The lowest BCUT2D eigenvalue weighted by molar-refractivity contribution is 0.0868. The standard InChI is InChI=1S/C14H23N3S2/c1-14(2,13(15)18)17-9-7-16(8-10-17)6-5-12-4-3-11-19-12/h3-4,11H,5-10H2,1-2H3,(H2,15,18). The Labute approximate surface area is 125 Å². The Morgan fingerprint density at radius 3 is 2.58 bits per heavy atom. The number of thiophene rings is 1. The quantitative estimate of drug-likeness (QED) is 0.842. The highest BCUT2D eigenvalue weighted by molar-refractivity contribution is 7.80. The molecule has 19 heavy (non-hydrogen) atoms. The van der Waals surface area contributed by atoms with Crippen LogP contribution in [0.2, 0.25) is 0 Å². The van der Waals surface area contributed by atoms with Crippen molar-refractivity contribution in [2.75, 3.05) is 32.7 Å². The molecule has 1 fully saturated rings. The van der Waals surface area contributed by atoms with Gasteiger partial charge < -0.3 is 10.6 Å². The van der Waals surface area contributed by atoms with E-state index in [1.165, 1.54) is 4.88 Å². The van der Waals surface area contributed by atoms with Crippen LogP contribution in [0.5, 0.6) is 0 Å². The third kappa shape index (κ3) is 3.75. The second-order valence-corrected chi connectivity index (χ2v) is 7.05. The highest BCUT2D eigenvalue weighted by atomic mass is 32.1. The molecule has 0 bridgehead atoms. The second-order valence-electron chi connectivity index (χ2n) is 5.58. The zero-order chi connectivity index (χ0) is 13.9. The minimum atomic E-state index is -0.158. The fourth-order valence-electron chi connectivity index (χ4n) is 2.41. The van der Waals surface area contributed by atoms with Crippen molar-refractivity contribution >= 4 is 28.5 Å². The van der Waals surface area contributed by atoms with Crippen LogP contribution >= 0.6 is 23.6 Å². The van der Waals surface area contributed by atoms with Crippen molar-refractivity contribution in [1.29, 1.82) is 0 Å². The first-order chi connectivity index (χ1) is 9.00. The van der Waals surface area contributed by atoms with Crippen LogP contribution in [0.15, 0.2) is 17.5 Å². The van der Waals surface area contributed by atoms with Gasteiger partial charge in [-0.1, -0.05) is 18.3 Å². The summed E-state index contributed by atoms with van der Waals surface area (Å²) < 4.78 is 0. The van der Waals surface area contributed by atoms with E-state index in [4.69, 9.17) is 18.0 Å². The first-order valence-electron chi connectivity index (χ1n) is 6.80. The molecule has 0 unspecified atom stereocenters. The monoisotopic (exact) mass is 297 g/mol. The summed E-state index contributed by atoms with van der Waals surface area (Å²) >= 11 is 7.02. The lowest BCUT2D eigenvalue weighted by Crippen LogP contribution is -2.59. The van der Waals surface area contributed by atoms with Crippen LogP contribution in [0.4, 0.5) is 0 Å². The first-order valence-corrected chi connectivity index (χ1v) is 8.08. The van der Waals surface area contributed by atoms with Crippen LogP contribution in [0.25, 0.3) is 0 Å². The van der Waals surface area contributed by atoms with Gasteiger partial charge in [-0.15, -0.1) is 11.3 Å². The molecular weight excluding hydrogens is 274 g/mol. The Kier molecular flexibility index (Phi) is 4.95. The highest BCUT2D eigenvalue weighted by Gasteiger charge is 2.32. The van der Waals surface area contributed by atoms with Gasteiger partial charge in [-0.3, -0.25) is 4.90 Å². The number of hydrogen-bond donors (Lipinski definition) is 1. The molecule has 0 spiro atoms. The molecule has 0 aromatic carbocycles. The summed E-state index contributed by atoms with van der Waals surface area (Å²) in [7, 11) is 0. The highest BCUT2D eigenvalue weighted by Crippen LogP contribution is 2.18. The van der Waals surface area contributed by atoms with Crippen LogP contribution in [-0.4, -0.2) is 53.1 Å².